The highest BCUT2D eigenvalue weighted by Gasteiger charge is 2.58. The summed E-state index contributed by atoms with van der Waals surface area (Å²) in [5.74, 6) is 0.779. The molecule has 1 spiro atoms. The Labute approximate surface area is 135 Å². The second-order valence-corrected chi connectivity index (χ2v) is 9.24. The number of hydrogen-bond donors (Lipinski definition) is 1. The number of sulfonamides is 1. The molecular formula is C15H21N3O4S. The number of amides is 1. The number of rotatable bonds is 4. The van der Waals surface area contributed by atoms with Crippen molar-refractivity contribution in [2.24, 2.45) is 0 Å². The van der Waals surface area contributed by atoms with Crippen LogP contribution in [0, 0.1) is 6.92 Å². The van der Waals surface area contributed by atoms with E-state index in [4.69, 9.17) is 4.42 Å². The van der Waals surface area contributed by atoms with Crippen LogP contribution in [0.1, 0.15) is 55.9 Å². The lowest BCUT2D eigenvalue weighted by atomic mass is 10.2. The molecule has 1 aliphatic heterocycles. The van der Waals surface area contributed by atoms with Crippen molar-refractivity contribution in [2.45, 2.75) is 56.1 Å². The maximum atomic E-state index is 12.5. The fourth-order valence-corrected chi connectivity index (χ4v) is 5.65. The summed E-state index contributed by atoms with van der Waals surface area (Å²) in [5.41, 5.74) is 0.905. The molecule has 1 aromatic heterocycles. The highest BCUT2D eigenvalue weighted by atomic mass is 32.2. The number of hydrogen-bond acceptors (Lipinski definition) is 5. The van der Waals surface area contributed by atoms with Gasteiger partial charge in [-0.15, -0.1) is 0 Å². The summed E-state index contributed by atoms with van der Waals surface area (Å²) in [6.07, 6.45) is 5.19. The van der Waals surface area contributed by atoms with Crippen molar-refractivity contribution >= 4 is 21.9 Å². The van der Waals surface area contributed by atoms with E-state index in [1.165, 1.54) is 4.31 Å². The second-order valence-electron chi connectivity index (χ2n) is 6.91. The van der Waals surface area contributed by atoms with Crippen LogP contribution in [-0.2, 0) is 14.8 Å². The molecule has 0 radical (unpaired) electrons. The van der Waals surface area contributed by atoms with E-state index in [9.17, 15) is 13.2 Å². The van der Waals surface area contributed by atoms with Gasteiger partial charge >= 0.3 is 6.01 Å². The number of aromatic nitrogens is 1. The molecule has 4 rings (SSSR count). The van der Waals surface area contributed by atoms with Gasteiger partial charge in [-0.2, -0.15) is 9.29 Å². The zero-order valence-corrected chi connectivity index (χ0v) is 14.0. The van der Waals surface area contributed by atoms with Crippen LogP contribution in [0.4, 0.5) is 6.01 Å². The van der Waals surface area contributed by atoms with Crippen LogP contribution in [0.3, 0.4) is 0 Å². The van der Waals surface area contributed by atoms with Crippen molar-refractivity contribution < 1.29 is 17.6 Å². The second kappa shape index (κ2) is 5.04. The van der Waals surface area contributed by atoms with Crippen molar-refractivity contribution in [1.29, 1.82) is 0 Å². The third-order valence-corrected chi connectivity index (χ3v) is 7.80. The Morgan fingerprint density at radius 2 is 2.13 bits per heavy atom. The van der Waals surface area contributed by atoms with E-state index in [0.29, 0.717) is 12.5 Å². The molecule has 1 saturated heterocycles. The predicted octanol–water partition coefficient (Wildman–Crippen LogP) is 1.76. The fourth-order valence-electron chi connectivity index (χ4n) is 3.43. The average Bonchev–Trinajstić information content (AvgIpc) is 3.38. The van der Waals surface area contributed by atoms with Gasteiger partial charge in [-0.3, -0.25) is 10.1 Å². The number of oxazole rings is 1. The van der Waals surface area contributed by atoms with Crippen LogP contribution >= 0.6 is 0 Å². The van der Waals surface area contributed by atoms with Gasteiger partial charge in [0.15, 0.2) is 0 Å². The van der Waals surface area contributed by atoms with Gasteiger partial charge in [-0.25, -0.2) is 8.42 Å². The molecule has 126 valence electrons. The lowest BCUT2D eigenvalue weighted by Gasteiger charge is -2.31. The molecule has 7 nitrogen and oxygen atoms in total. The molecule has 0 bridgehead atoms. The maximum Gasteiger partial charge on any atom is 0.301 e. The van der Waals surface area contributed by atoms with Crippen molar-refractivity contribution in [3.8, 4) is 0 Å². The Bertz CT molecular complexity index is 747. The quantitative estimate of drug-likeness (QED) is 0.902. The molecule has 3 aliphatic rings. The Hall–Kier alpha value is -1.41. The molecule has 8 heteroatoms. The van der Waals surface area contributed by atoms with Gasteiger partial charge < -0.3 is 4.42 Å². The first-order valence-corrected chi connectivity index (χ1v) is 9.62. The molecular weight excluding hydrogens is 318 g/mol. The van der Waals surface area contributed by atoms with Crippen molar-refractivity contribution in [2.75, 3.05) is 18.4 Å². The Morgan fingerprint density at radius 3 is 2.78 bits per heavy atom. The summed E-state index contributed by atoms with van der Waals surface area (Å²) in [6, 6.07) is 0.171. The highest BCUT2D eigenvalue weighted by molar-refractivity contribution is 7.90. The van der Waals surface area contributed by atoms with Crippen LogP contribution in [0.25, 0.3) is 0 Å². The molecule has 2 heterocycles. The molecule has 2 saturated carbocycles. The summed E-state index contributed by atoms with van der Waals surface area (Å²) < 4.78 is 31.3. The minimum Gasteiger partial charge on any atom is -0.428 e. The van der Waals surface area contributed by atoms with Crippen molar-refractivity contribution in [1.82, 2.24) is 9.29 Å². The Kier molecular flexibility index (Phi) is 3.32. The molecule has 1 aromatic rings. The monoisotopic (exact) mass is 339 g/mol. The normalized spacial score (nSPS) is 25.4. The smallest absolute Gasteiger partial charge is 0.301 e. The zero-order chi connectivity index (χ0) is 16.2. The largest absolute Gasteiger partial charge is 0.428 e. The van der Waals surface area contributed by atoms with Crippen LogP contribution in [0.5, 0.6) is 0 Å². The Morgan fingerprint density at radius 1 is 1.39 bits per heavy atom. The minimum absolute atomic E-state index is 0.162. The Balaban J connectivity index is 1.43. The number of nitrogens with zero attached hydrogens (tertiary/aromatic N) is 2. The lowest BCUT2D eigenvalue weighted by Crippen LogP contribution is -2.48. The molecule has 2 aliphatic carbocycles. The predicted molar refractivity (Wildman–Crippen MR) is 83.5 cm³/mol. The molecule has 1 amide bonds. The fraction of sp³-hybridized carbons (Fsp3) is 0.733. The summed E-state index contributed by atoms with van der Waals surface area (Å²) in [7, 11) is -3.36. The van der Waals surface area contributed by atoms with Gasteiger partial charge in [-0.05, 0) is 45.4 Å². The number of carbonyl (C=O) groups is 1. The van der Waals surface area contributed by atoms with Crippen LogP contribution in [0.15, 0.2) is 4.42 Å². The molecule has 0 aromatic carbocycles. The standard InChI is InChI=1S/C15H21N3O4S/c1-10-13(11-3-4-11)17-14(22-10)16-12(19)9-18-8-2-5-15(6-7-15)23(18,20)21/h11H,2-9H2,1H3,(H,16,17,19). The number of carbonyl (C=O) groups excluding carboxylic acids is 1. The van der Waals surface area contributed by atoms with Gasteiger partial charge in [0.25, 0.3) is 0 Å². The molecule has 3 fully saturated rings. The van der Waals surface area contributed by atoms with Crippen LogP contribution in [-0.4, -0.2) is 41.5 Å². The van der Waals surface area contributed by atoms with Gasteiger partial charge in [-0.1, -0.05) is 0 Å². The van der Waals surface area contributed by atoms with E-state index in [0.717, 1.165) is 50.0 Å². The zero-order valence-electron chi connectivity index (χ0n) is 13.2. The third-order valence-electron chi connectivity index (χ3n) is 5.10. The van der Waals surface area contributed by atoms with E-state index < -0.39 is 20.7 Å². The number of anilines is 1. The van der Waals surface area contributed by atoms with Gasteiger partial charge in [0, 0.05) is 12.5 Å². The van der Waals surface area contributed by atoms with Gasteiger partial charge in [0.1, 0.15) is 5.76 Å². The first kappa shape index (κ1) is 15.1. The third kappa shape index (κ3) is 2.57. The first-order chi connectivity index (χ1) is 10.9. The van der Waals surface area contributed by atoms with Gasteiger partial charge in [0.2, 0.25) is 15.9 Å². The van der Waals surface area contributed by atoms with E-state index in [1.807, 2.05) is 6.92 Å². The molecule has 23 heavy (non-hydrogen) atoms. The molecule has 1 N–H and O–H groups in total. The maximum absolute atomic E-state index is 12.5. The molecule has 0 unspecified atom stereocenters. The molecule has 0 atom stereocenters. The average molecular weight is 339 g/mol. The first-order valence-electron chi connectivity index (χ1n) is 8.18. The number of aryl methyl sites for hydroxylation is 1. The van der Waals surface area contributed by atoms with Crippen LogP contribution < -0.4 is 5.32 Å². The number of nitrogens with one attached hydrogen (secondary N) is 1. The summed E-state index contributed by atoms with van der Waals surface area (Å²) >= 11 is 0. The lowest BCUT2D eigenvalue weighted by molar-refractivity contribution is -0.116. The summed E-state index contributed by atoms with van der Waals surface area (Å²) in [5, 5.41) is 2.60. The van der Waals surface area contributed by atoms with E-state index in [2.05, 4.69) is 10.3 Å². The van der Waals surface area contributed by atoms with E-state index >= 15 is 0 Å². The van der Waals surface area contributed by atoms with Crippen LogP contribution in [0.2, 0.25) is 0 Å². The van der Waals surface area contributed by atoms with Crippen molar-refractivity contribution in [3.63, 3.8) is 0 Å². The van der Waals surface area contributed by atoms with Gasteiger partial charge in [0.05, 0.1) is 17.0 Å². The van der Waals surface area contributed by atoms with E-state index in [1.54, 1.807) is 0 Å². The summed E-state index contributed by atoms with van der Waals surface area (Å²) in [6.45, 7) is 2.09. The minimum atomic E-state index is -3.36. The van der Waals surface area contributed by atoms with E-state index in [-0.39, 0.29) is 12.6 Å². The topological polar surface area (TPSA) is 92.5 Å². The van der Waals surface area contributed by atoms with Crippen molar-refractivity contribution in [3.05, 3.63) is 11.5 Å². The SMILES string of the molecule is Cc1oc(NC(=O)CN2CCCC3(CC3)S2(=O)=O)nc1C1CC1. The summed E-state index contributed by atoms with van der Waals surface area (Å²) in [4.78, 5) is 16.5. The highest BCUT2D eigenvalue weighted by Crippen LogP contribution is 2.51.